The van der Waals surface area contributed by atoms with Crippen LogP contribution in [0.2, 0.25) is 0 Å². The van der Waals surface area contributed by atoms with E-state index in [1.54, 1.807) is 7.11 Å². The number of nitrogens with zero attached hydrogens (tertiary/aromatic N) is 1. The van der Waals surface area contributed by atoms with E-state index in [9.17, 15) is 5.11 Å². The average molecular weight is 498 g/mol. The lowest BCUT2D eigenvalue weighted by molar-refractivity contribution is -0.277. The van der Waals surface area contributed by atoms with Crippen LogP contribution in [0.3, 0.4) is 0 Å². The Morgan fingerprint density at radius 2 is 1.89 bits per heavy atom. The molecule has 3 aliphatic carbocycles. The molecule has 2 saturated carbocycles. The molecular weight excluding hydrogens is 450 g/mol. The van der Waals surface area contributed by atoms with Gasteiger partial charge < -0.3 is 19.3 Å². The van der Waals surface area contributed by atoms with Gasteiger partial charge in [0.25, 0.3) is 0 Å². The van der Waals surface area contributed by atoms with Crippen molar-refractivity contribution in [2.75, 3.05) is 27.3 Å². The fraction of sp³-hybridized carbons (Fsp3) is 0.806. The zero-order chi connectivity index (χ0) is 25.9. The van der Waals surface area contributed by atoms with Gasteiger partial charge >= 0.3 is 0 Å². The fourth-order valence-electron chi connectivity index (χ4n) is 9.24. The van der Waals surface area contributed by atoms with Crippen LogP contribution in [-0.2, 0) is 16.6 Å². The van der Waals surface area contributed by atoms with Crippen molar-refractivity contribution >= 4 is 0 Å². The van der Waals surface area contributed by atoms with Crippen molar-refractivity contribution in [1.82, 2.24) is 4.90 Å². The van der Waals surface area contributed by atoms with Crippen LogP contribution in [0, 0.1) is 22.7 Å². The highest BCUT2D eigenvalue weighted by Crippen LogP contribution is 2.73. The van der Waals surface area contributed by atoms with Crippen molar-refractivity contribution in [3.05, 3.63) is 23.3 Å². The normalized spacial score (nSPS) is 40.9. The lowest BCUT2D eigenvalue weighted by Crippen LogP contribution is -2.79. The van der Waals surface area contributed by atoms with Gasteiger partial charge in [0.2, 0.25) is 0 Å². The highest BCUT2D eigenvalue weighted by Gasteiger charge is 2.78. The lowest BCUT2D eigenvalue weighted by Gasteiger charge is -2.71. The number of piperidine rings is 1. The van der Waals surface area contributed by atoms with Crippen molar-refractivity contribution in [3.8, 4) is 11.5 Å². The number of methoxy groups -OCH3 is 2. The van der Waals surface area contributed by atoms with Gasteiger partial charge in [0, 0.05) is 36.6 Å². The summed E-state index contributed by atoms with van der Waals surface area (Å²) in [6.07, 6.45) is 6.43. The van der Waals surface area contributed by atoms with E-state index in [1.165, 1.54) is 30.5 Å². The Morgan fingerprint density at radius 1 is 1.17 bits per heavy atom. The van der Waals surface area contributed by atoms with Crippen LogP contribution in [0.25, 0.3) is 0 Å². The van der Waals surface area contributed by atoms with Gasteiger partial charge in [-0.3, -0.25) is 4.90 Å². The van der Waals surface area contributed by atoms with Gasteiger partial charge in [-0.25, -0.2) is 0 Å². The van der Waals surface area contributed by atoms with Gasteiger partial charge in [-0.2, -0.15) is 0 Å². The monoisotopic (exact) mass is 497 g/mol. The van der Waals surface area contributed by atoms with Crippen LogP contribution in [0.5, 0.6) is 11.5 Å². The molecule has 0 amide bonds. The van der Waals surface area contributed by atoms with E-state index < -0.39 is 11.2 Å². The number of hydrogen-bond donors (Lipinski definition) is 1. The molecule has 36 heavy (non-hydrogen) atoms. The number of ether oxygens (including phenoxy) is 3. The minimum Gasteiger partial charge on any atom is -0.493 e. The van der Waals surface area contributed by atoms with Gasteiger partial charge in [-0.1, -0.05) is 40.7 Å². The molecule has 1 spiro atoms. The quantitative estimate of drug-likeness (QED) is 0.574. The van der Waals surface area contributed by atoms with Gasteiger partial charge in [0.05, 0.1) is 12.7 Å². The van der Waals surface area contributed by atoms with Gasteiger partial charge in [-0.05, 0) is 80.4 Å². The average Bonchev–Trinajstić information content (AvgIpc) is 3.57. The third-order valence-electron chi connectivity index (χ3n) is 11.9. The maximum atomic E-state index is 12.4. The third-order valence-corrected chi connectivity index (χ3v) is 11.9. The van der Waals surface area contributed by atoms with Crippen molar-refractivity contribution in [2.24, 2.45) is 22.7 Å². The van der Waals surface area contributed by atoms with Crippen molar-refractivity contribution in [3.63, 3.8) is 0 Å². The second-order valence-electron chi connectivity index (χ2n) is 14.1. The molecule has 2 bridgehead atoms. The number of likely N-dealkylation sites (tertiary alicyclic amines) is 1. The minimum absolute atomic E-state index is 0.0352. The Labute approximate surface area is 217 Å². The number of hydrogen-bond acceptors (Lipinski definition) is 5. The maximum absolute atomic E-state index is 12.4. The summed E-state index contributed by atoms with van der Waals surface area (Å²) < 4.78 is 19.7. The Morgan fingerprint density at radius 3 is 2.47 bits per heavy atom. The first-order valence-corrected chi connectivity index (χ1v) is 14.3. The maximum Gasteiger partial charge on any atom is 0.165 e. The van der Waals surface area contributed by atoms with Crippen LogP contribution in [-0.4, -0.2) is 60.7 Å². The number of rotatable bonds is 6. The SMILES string of the molecule is CC[C@@]1(OC)[C@@H](C(C)(O)C(C)(C)C)C[C@]2(C)[C@H]3Cc4ccc(OC)c5c4[C@@]2(CCN3CC2CC2)[C@H]1O5. The van der Waals surface area contributed by atoms with Crippen molar-refractivity contribution < 1.29 is 19.3 Å². The molecule has 5 aliphatic rings. The molecule has 7 atom stereocenters. The van der Waals surface area contributed by atoms with Crippen LogP contribution in [0.1, 0.15) is 84.8 Å². The molecule has 0 aromatic heterocycles. The third kappa shape index (κ3) is 2.83. The smallest absolute Gasteiger partial charge is 0.165 e. The van der Waals surface area contributed by atoms with Crippen LogP contribution < -0.4 is 9.47 Å². The number of benzene rings is 1. The second-order valence-corrected chi connectivity index (χ2v) is 14.1. The molecule has 1 saturated heterocycles. The van der Waals surface area contributed by atoms with Crippen LogP contribution in [0.4, 0.5) is 0 Å². The second kappa shape index (κ2) is 7.64. The Balaban J connectivity index is 1.61. The summed E-state index contributed by atoms with van der Waals surface area (Å²) in [5, 5.41) is 12.4. The van der Waals surface area contributed by atoms with E-state index in [1.807, 2.05) is 7.11 Å². The van der Waals surface area contributed by atoms with E-state index >= 15 is 0 Å². The van der Waals surface area contributed by atoms with Gasteiger partial charge in [0.1, 0.15) is 11.7 Å². The molecule has 2 heterocycles. The van der Waals surface area contributed by atoms with Crippen molar-refractivity contribution in [1.29, 1.82) is 0 Å². The molecule has 1 unspecified atom stereocenters. The molecule has 0 radical (unpaired) electrons. The van der Waals surface area contributed by atoms with Crippen molar-refractivity contribution in [2.45, 2.75) is 109 Å². The predicted molar refractivity (Wildman–Crippen MR) is 142 cm³/mol. The molecule has 1 N–H and O–H groups in total. The highest BCUT2D eigenvalue weighted by atomic mass is 16.6. The Bertz CT molecular complexity index is 1050. The molecule has 2 aliphatic heterocycles. The first-order valence-electron chi connectivity index (χ1n) is 14.3. The molecule has 3 fully saturated rings. The summed E-state index contributed by atoms with van der Waals surface area (Å²) in [5.41, 5.74) is 0.806. The lowest BCUT2D eigenvalue weighted by atomic mass is 9.38. The zero-order valence-electron chi connectivity index (χ0n) is 23.7. The zero-order valence-corrected chi connectivity index (χ0v) is 23.7. The molecule has 5 nitrogen and oxygen atoms in total. The van der Waals surface area contributed by atoms with Gasteiger partial charge in [-0.15, -0.1) is 0 Å². The molecular formula is C31H47NO4. The minimum atomic E-state index is -0.929. The van der Waals surface area contributed by atoms with E-state index in [4.69, 9.17) is 14.2 Å². The molecule has 6 rings (SSSR count). The van der Waals surface area contributed by atoms with E-state index in [-0.39, 0.29) is 28.3 Å². The Hall–Kier alpha value is -1.30. The van der Waals surface area contributed by atoms with Gasteiger partial charge in [0.15, 0.2) is 11.5 Å². The summed E-state index contributed by atoms with van der Waals surface area (Å²) in [6.45, 7) is 15.6. The molecule has 5 heteroatoms. The Kier molecular flexibility index (Phi) is 5.30. The number of aliphatic hydroxyl groups is 1. The summed E-state index contributed by atoms with van der Waals surface area (Å²) >= 11 is 0. The largest absolute Gasteiger partial charge is 0.493 e. The molecule has 200 valence electrons. The highest BCUT2D eigenvalue weighted by molar-refractivity contribution is 5.63. The van der Waals surface area contributed by atoms with Crippen LogP contribution >= 0.6 is 0 Å². The summed E-state index contributed by atoms with van der Waals surface area (Å²) in [4.78, 5) is 2.82. The first-order chi connectivity index (χ1) is 16.9. The van der Waals surface area contributed by atoms with E-state index in [2.05, 4.69) is 58.6 Å². The topological polar surface area (TPSA) is 51.2 Å². The molecule has 1 aromatic rings. The standard InChI is InChI=1S/C31H47NO4/c1-9-31(35-8)22(29(6,33)27(2,3)4)17-28(5)23-16-20-12-13-21(34-7)25-24(20)30(28,26(31)36-25)14-15-32(23)18-19-10-11-19/h12-13,19,22-23,26,33H,9-11,14-18H2,1-8H3/t22-,23-,26-,28-,29?,30+,31-/m1/s1. The molecule has 1 aromatic carbocycles. The summed E-state index contributed by atoms with van der Waals surface area (Å²) in [6, 6.07) is 4.85. The predicted octanol–water partition coefficient (Wildman–Crippen LogP) is 5.35. The van der Waals surface area contributed by atoms with E-state index in [0.717, 1.165) is 49.6 Å². The fourth-order valence-corrected chi connectivity index (χ4v) is 9.24. The summed E-state index contributed by atoms with van der Waals surface area (Å²) in [7, 11) is 3.60. The van der Waals surface area contributed by atoms with Crippen LogP contribution in [0.15, 0.2) is 12.1 Å². The summed E-state index contributed by atoms with van der Waals surface area (Å²) in [5.74, 6) is 2.57. The van der Waals surface area contributed by atoms with E-state index in [0.29, 0.717) is 6.04 Å². The first kappa shape index (κ1) is 25.0.